The molecule has 1 saturated heterocycles. The smallest absolute Gasteiger partial charge is 0.395 e. The van der Waals surface area contributed by atoms with E-state index in [0.717, 1.165) is 28.9 Å². The van der Waals surface area contributed by atoms with Gasteiger partial charge in [-0.15, -0.1) is 0 Å². The summed E-state index contributed by atoms with van der Waals surface area (Å²) in [7, 11) is 0. The number of halogens is 4. The van der Waals surface area contributed by atoms with Crippen LogP contribution in [-0.2, 0) is 17.5 Å². The van der Waals surface area contributed by atoms with E-state index >= 15 is 0 Å². The zero-order valence-corrected chi connectivity index (χ0v) is 19.9. The maximum absolute atomic E-state index is 13.3. The molecule has 186 valence electrons. The second-order valence-electron chi connectivity index (χ2n) is 7.45. The first-order valence-electron chi connectivity index (χ1n) is 10.4. The van der Waals surface area contributed by atoms with E-state index in [1.54, 1.807) is 18.2 Å². The quantitative estimate of drug-likeness (QED) is 0.205. The molecular formula is C23H22ClF3N4O3S. The van der Waals surface area contributed by atoms with Crippen LogP contribution in [0.15, 0.2) is 41.3 Å². The first-order chi connectivity index (χ1) is 16.6. The van der Waals surface area contributed by atoms with Crippen LogP contribution in [0.3, 0.4) is 0 Å². The largest absolute Gasteiger partial charge is 0.416 e. The zero-order chi connectivity index (χ0) is 25.6. The topological polar surface area (TPSA) is 106 Å². The number of hydrogen-bond acceptors (Lipinski definition) is 7. The van der Waals surface area contributed by atoms with Crippen LogP contribution in [0.25, 0.3) is 6.08 Å². The lowest BCUT2D eigenvalue weighted by Crippen LogP contribution is -2.35. The Labute approximate surface area is 208 Å². The minimum Gasteiger partial charge on any atom is -0.395 e. The summed E-state index contributed by atoms with van der Waals surface area (Å²) in [6, 6.07) is 8.38. The highest BCUT2D eigenvalue weighted by Crippen LogP contribution is 2.35. The van der Waals surface area contributed by atoms with Crippen molar-refractivity contribution < 1.29 is 27.9 Å². The molecule has 3 rings (SSSR count). The number of hydrogen-bond donors (Lipinski definition) is 4. The Morgan fingerprint density at radius 2 is 1.91 bits per heavy atom. The van der Waals surface area contributed by atoms with E-state index in [-0.39, 0.29) is 35.2 Å². The Morgan fingerprint density at radius 3 is 2.60 bits per heavy atom. The molecule has 0 spiro atoms. The lowest BCUT2D eigenvalue weighted by molar-refractivity contribution is -0.138. The van der Waals surface area contributed by atoms with Gasteiger partial charge in [-0.05, 0) is 53.2 Å². The molecule has 7 nitrogen and oxygen atoms in total. The number of aliphatic hydroxyl groups is 1. The van der Waals surface area contributed by atoms with Gasteiger partial charge < -0.3 is 21.1 Å². The van der Waals surface area contributed by atoms with Crippen LogP contribution in [0.5, 0.6) is 0 Å². The van der Waals surface area contributed by atoms with Crippen molar-refractivity contribution in [2.24, 2.45) is 0 Å². The van der Waals surface area contributed by atoms with Gasteiger partial charge in [0.2, 0.25) is 0 Å². The molecule has 1 aliphatic rings. The number of amides is 2. The van der Waals surface area contributed by atoms with E-state index in [1.165, 1.54) is 18.2 Å². The third-order valence-corrected chi connectivity index (χ3v) is 6.19. The second kappa shape index (κ2) is 11.7. The summed E-state index contributed by atoms with van der Waals surface area (Å²) in [5.41, 5.74) is 0.550. The van der Waals surface area contributed by atoms with Crippen molar-refractivity contribution in [3.63, 3.8) is 0 Å². The third kappa shape index (κ3) is 6.85. The summed E-state index contributed by atoms with van der Waals surface area (Å²) < 4.78 is 40.0. The summed E-state index contributed by atoms with van der Waals surface area (Å²) in [4.78, 5) is 26.1. The number of nitrogens with zero attached hydrogens (tertiary/aromatic N) is 1. The van der Waals surface area contributed by atoms with E-state index in [2.05, 4.69) is 10.6 Å². The minimum absolute atomic E-state index is 0.00376. The first kappa shape index (κ1) is 26.7. The Kier molecular flexibility index (Phi) is 8.95. The summed E-state index contributed by atoms with van der Waals surface area (Å²) in [5, 5.41) is 21.9. The highest BCUT2D eigenvalue weighted by molar-refractivity contribution is 8.18. The first-order valence-corrected chi connectivity index (χ1v) is 11.6. The highest BCUT2D eigenvalue weighted by Gasteiger charge is 2.35. The zero-order valence-electron chi connectivity index (χ0n) is 18.3. The number of nitrogens with one attached hydrogen (secondary N) is 3. The lowest BCUT2D eigenvalue weighted by Gasteiger charge is -2.15. The molecule has 0 radical (unpaired) electrons. The van der Waals surface area contributed by atoms with Gasteiger partial charge in [0.25, 0.3) is 11.1 Å². The molecule has 2 aromatic rings. The molecular weight excluding hydrogens is 505 g/mol. The Balaban J connectivity index is 1.74. The number of carbonyl (C=O) groups is 2. The maximum atomic E-state index is 13.3. The SMILES string of the molecule is N=Cc1cc(C=C2SC(=O)N(CCNCCO)C2=O)ccc1NCc1ccc(Cl)cc1C(F)(F)F. The number of imide groups is 1. The van der Waals surface area contributed by atoms with Crippen LogP contribution in [0.1, 0.15) is 22.3 Å². The van der Waals surface area contributed by atoms with Crippen LogP contribution in [0.2, 0.25) is 5.02 Å². The molecule has 1 heterocycles. The second-order valence-corrected chi connectivity index (χ2v) is 8.88. The van der Waals surface area contributed by atoms with Gasteiger partial charge in [0.15, 0.2) is 0 Å². The molecule has 4 N–H and O–H groups in total. The van der Waals surface area contributed by atoms with Crippen LogP contribution in [-0.4, -0.2) is 53.6 Å². The van der Waals surface area contributed by atoms with Gasteiger partial charge in [-0.25, -0.2) is 0 Å². The van der Waals surface area contributed by atoms with Crippen molar-refractivity contribution in [3.05, 3.63) is 68.6 Å². The minimum atomic E-state index is -4.56. The average molecular weight is 527 g/mol. The fourth-order valence-electron chi connectivity index (χ4n) is 3.35. The van der Waals surface area contributed by atoms with Crippen molar-refractivity contribution in [2.45, 2.75) is 12.7 Å². The molecule has 1 aliphatic heterocycles. The summed E-state index contributed by atoms with van der Waals surface area (Å²) in [6.45, 7) is 0.685. The molecule has 35 heavy (non-hydrogen) atoms. The highest BCUT2D eigenvalue weighted by atomic mass is 35.5. The fraction of sp³-hybridized carbons (Fsp3) is 0.261. The van der Waals surface area contributed by atoms with E-state index < -0.39 is 22.9 Å². The van der Waals surface area contributed by atoms with Gasteiger partial charge in [-0.3, -0.25) is 14.5 Å². The van der Waals surface area contributed by atoms with E-state index in [0.29, 0.717) is 29.9 Å². The van der Waals surface area contributed by atoms with Crippen LogP contribution < -0.4 is 10.6 Å². The van der Waals surface area contributed by atoms with Crippen LogP contribution in [0, 0.1) is 5.41 Å². The Hall–Kier alpha value is -2.86. The van der Waals surface area contributed by atoms with Crippen molar-refractivity contribution in [1.29, 1.82) is 5.41 Å². The van der Waals surface area contributed by atoms with Crippen LogP contribution >= 0.6 is 23.4 Å². The number of benzene rings is 2. The van der Waals surface area contributed by atoms with Gasteiger partial charge in [-0.2, -0.15) is 13.2 Å². The van der Waals surface area contributed by atoms with E-state index in [4.69, 9.17) is 22.1 Å². The number of aliphatic hydroxyl groups excluding tert-OH is 1. The normalized spacial score (nSPS) is 15.2. The summed E-state index contributed by atoms with van der Waals surface area (Å²) in [5.74, 6) is -0.438. The van der Waals surface area contributed by atoms with Gasteiger partial charge in [0.05, 0.1) is 17.1 Å². The van der Waals surface area contributed by atoms with Crippen molar-refractivity contribution in [2.75, 3.05) is 31.6 Å². The molecule has 0 aliphatic carbocycles. The Bertz CT molecular complexity index is 1160. The molecule has 2 amide bonds. The maximum Gasteiger partial charge on any atom is 0.416 e. The van der Waals surface area contributed by atoms with Gasteiger partial charge in [-0.1, -0.05) is 23.7 Å². The van der Waals surface area contributed by atoms with Crippen LogP contribution in [0.4, 0.5) is 23.7 Å². The predicted molar refractivity (Wildman–Crippen MR) is 131 cm³/mol. The van der Waals surface area contributed by atoms with Crippen molar-refractivity contribution in [3.8, 4) is 0 Å². The molecule has 0 atom stereocenters. The number of rotatable bonds is 10. The number of anilines is 1. The summed E-state index contributed by atoms with van der Waals surface area (Å²) in [6.07, 6.45) is -1.98. The van der Waals surface area contributed by atoms with E-state index in [1.807, 2.05) is 0 Å². The standard InChI is InChI=1S/C23H22ClF3N4O3S/c24-17-3-2-15(18(11-17)23(25,26)27)13-30-19-4-1-14(9-16(19)12-28)10-20-21(33)31(22(34)35-20)7-5-29-6-8-32/h1-4,9-12,28-30,32H,5-8,13H2. The molecule has 1 fully saturated rings. The molecule has 2 aromatic carbocycles. The monoisotopic (exact) mass is 526 g/mol. The molecule has 0 unspecified atom stereocenters. The Morgan fingerprint density at radius 1 is 1.14 bits per heavy atom. The third-order valence-electron chi connectivity index (χ3n) is 5.05. The van der Waals surface area contributed by atoms with Gasteiger partial charge in [0, 0.05) is 48.7 Å². The van der Waals surface area contributed by atoms with Crippen molar-refractivity contribution >= 4 is 52.5 Å². The molecule has 0 bridgehead atoms. The average Bonchev–Trinajstić information content (AvgIpc) is 3.08. The van der Waals surface area contributed by atoms with Gasteiger partial charge in [0.1, 0.15) is 0 Å². The number of thioether (sulfide) groups is 1. The predicted octanol–water partition coefficient (Wildman–Crippen LogP) is 4.59. The number of alkyl halides is 3. The molecule has 0 saturated carbocycles. The fourth-order valence-corrected chi connectivity index (χ4v) is 4.38. The summed E-state index contributed by atoms with van der Waals surface area (Å²) >= 11 is 6.53. The van der Waals surface area contributed by atoms with E-state index in [9.17, 15) is 22.8 Å². The number of carbonyl (C=O) groups excluding carboxylic acids is 2. The lowest BCUT2D eigenvalue weighted by atomic mass is 10.1. The molecule has 0 aromatic heterocycles. The van der Waals surface area contributed by atoms with Crippen molar-refractivity contribution in [1.82, 2.24) is 10.2 Å². The molecule has 12 heteroatoms. The van der Waals surface area contributed by atoms with Gasteiger partial charge >= 0.3 is 6.18 Å².